The number of ether oxygens (including phenoxy) is 1. The van der Waals surface area contributed by atoms with E-state index in [9.17, 15) is 19.7 Å². The highest BCUT2D eigenvalue weighted by Crippen LogP contribution is 2.51. The number of phenols is 1. The van der Waals surface area contributed by atoms with Crippen LogP contribution in [0.1, 0.15) is 44.6 Å². The third kappa shape index (κ3) is 7.67. The van der Waals surface area contributed by atoms with E-state index in [2.05, 4.69) is 18.3 Å². The summed E-state index contributed by atoms with van der Waals surface area (Å²) in [6.07, 6.45) is 5.18. The predicted molar refractivity (Wildman–Crippen MR) is 206 cm³/mol. The van der Waals surface area contributed by atoms with Crippen LogP contribution in [0, 0.1) is 17.8 Å². The van der Waals surface area contributed by atoms with Crippen molar-refractivity contribution in [2.45, 2.75) is 51.5 Å². The van der Waals surface area contributed by atoms with Gasteiger partial charge in [-0.3, -0.25) is 14.5 Å². The molecular formula is C42H42BClN2O6. The van der Waals surface area contributed by atoms with E-state index < -0.39 is 25.1 Å². The van der Waals surface area contributed by atoms with Gasteiger partial charge in [-0.2, -0.15) is 0 Å². The lowest BCUT2D eigenvalue weighted by Crippen LogP contribution is -2.46. The molecule has 0 unspecified atom stereocenters. The molecule has 4 atom stereocenters. The smallest absolute Gasteiger partial charge is 0.455 e. The van der Waals surface area contributed by atoms with Crippen molar-refractivity contribution in [3.63, 3.8) is 0 Å². The van der Waals surface area contributed by atoms with E-state index in [1.165, 1.54) is 11.0 Å². The van der Waals surface area contributed by atoms with Crippen LogP contribution in [-0.2, 0) is 14.2 Å². The SMILES string of the molecule is CCC/C(=C\c1ccc(O)cc1Cl)CC[C@H]1OB(O)C[C@H]2C1=C(COc1ccccc1)C[C@H]1C(=O)N(c3ccc(Nc4ccccc4)cc3)C(=O)[C@H]12. The van der Waals surface area contributed by atoms with Gasteiger partial charge in [0.1, 0.15) is 18.1 Å². The van der Waals surface area contributed by atoms with Crippen molar-refractivity contribution in [2.24, 2.45) is 17.8 Å². The molecule has 4 aromatic carbocycles. The molecule has 0 saturated carbocycles. The molecule has 3 N–H and O–H groups in total. The van der Waals surface area contributed by atoms with Crippen LogP contribution >= 0.6 is 11.6 Å². The molecule has 0 spiro atoms. The molecule has 3 aliphatic rings. The maximum atomic E-state index is 14.4. The monoisotopic (exact) mass is 716 g/mol. The molecule has 4 aromatic rings. The zero-order chi connectivity index (χ0) is 36.2. The quantitative estimate of drug-likeness (QED) is 0.0764. The molecule has 2 fully saturated rings. The Morgan fingerprint density at radius 2 is 1.65 bits per heavy atom. The number of aromatic hydroxyl groups is 1. The Labute approximate surface area is 309 Å². The highest BCUT2D eigenvalue weighted by Gasteiger charge is 2.57. The molecule has 2 amide bonds. The zero-order valence-electron chi connectivity index (χ0n) is 29.1. The average molecular weight is 717 g/mol. The third-order valence-electron chi connectivity index (χ3n) is 10.3. The summed E-state index contributed by atoms with van der Waals surface area (Å²) in [5.74, 6) is -1.23. The van der Waals surface area contributed by atoms with Crippen LogP contribution in [0.15, 0.2) is 120 Å². The molecule has 0 bridgehead atoms. The number of anilines is 3. The van der Waals surface area contributed by atoms with Crippen molar-refractivity contribution in [3.8, 4) is 11.5 Å². The Morgan fingerprint density at radius 3 is 2.37 bits per heavy atom. The van der Waals surface area contributed by atoms with Crippen molar-refractivity contribution < 1.29 is 29.1 Å². The summed E-state index contributed by atoms with van der Waals surface area (Å²) in [6.45, 7) is 2.37. The molecule has 0 radical (unpaired) electrons. The molecular weight excluding hydrogens is 675 g/mol. The lowest BCUT2D eigenvalue weighted by Gasteiger charge is -2.43. The molecule has 10 heteroatoms. The number of allylic oxidation sites excluding steroid dienone is 1. The molecule has 2 aliphatic heterocycles. The van der Waals surface area contributed by atoms with Crippen molar-refractivity contribution >= 4 is 53.7 Å². The number of hydrogen-bond acceptors (Lipinski definition) is 7. The Hall–Kier alpha value is -4.83. The van der Waals surface area contributed by atoms with Crippen molar-refractivity contribution in [1.82, 2.24) is 0 Å². The number of benzene rings is 4. The number of fused-ring (bicyclic) bond motifs is 3. The van der Waals surface area contributed by atoms with Crippen LogP contribution in [0.2, 0.25) is 11.3 Å². The summed E-state index contributed by atoms with van der Waals surface area (Å²) < 4.78 is 12.6. The van der Waals surface area contributed by atoms with Gasteiger partial charge in [0.25, 0.3) is 0 Å². The highest BCUT2D eigenvalue weighted by atomic mass is 35.5. The van der Waals surface area contributed by atoms with E-state index in [1.54, 1.807) is 24.3 Å². The number of phenolic OH excluding ortho intramolecular Hbond substituents is 1. The zero-order valence-corrected chi connectivity index (χ0v) is 29.8. The minimum absolute atomic E-state index is 0.109. The van der Waals surface area contributed by atoms with Crippen molar-refractivity contribution in [3.05, 3.63) is 130 Å². The van der Waals surface area contributed by atoms with Gasteiger partial charge in [-0.15, -0.1) is 0 Å². The van der Waals surface area contributed by atoms with Gasteiger partial charge < -0.3 is 24.8 Å². The minimum atomic E-state index is -1.08. The van der Waals surface area contributed by atoms with Gasteiger partial charge in [0.05, 0.1) is 28.6 Å². The van der Waals surface area contributed by atoms with E-state index in [4.69, 9.17) is 21.0 Å². The maximum absolute atomic E-state index is 14.4. The minimum Gasteiger partial charge on any atom is -0.508 e. The predicted octanol–water partition coefficient (Wildman–Crippen LogP) is 8.83. The number of amides is 2. The van der Waals surface area contributed by atoms with E-state index in [0.717, 1.165) is 46.5 Å². The highest BCUT2D eigenvalue weighted by molar-refractivity contribution is 6.43. The molecule has 266 valence electrons. The van der Waals surface area contributed by atoms with Crippen molar-refractivity contribution in [1.29, 1.82) is 0 Å². The Morgan fingerprint density at radius 1 is 0.942 bits per heavy atom. The van der Waals surface area contributed by atoms with Crippen LogP contribution in [0.5, 0.6) is 11.5 Å². The first-order valence-corrected chi connectivity index (χ1v) is 18.4. The van der Waals surface area contributed by atoms with Crippen LogP contribution in [0.4, 0.5) is 17.1 Å². The second-order valence-electron chi connectivity index (χ2n) is 13.8. The van der Waals surface area contributed by atoms with Gasteiger partial charge in [-0.1, -0.05) is 73.0 Å². The summed E-state index contributed by atoms with van der Waals surface area (Å²) in [6, 6.07) is 31.6. The Balaban J connectivity index is 1.18. The first-order valence-electron chi connectivity index (χ1n) is 18.0. The normalized spacial score (nSPS) is 21.6. The molecule has 52 heavy (non-hydrogen) atoms. The largest absolute Gasteiger partial charge is 0.508 e. The van der Waals surface area contributed by atoms with Crippen LogP contribution in [0.3, 0.4) is 0 Å². The lowest BCUT2D eigenvalue weighted by molar-refractivity contribution is -0.122. The van der Waals surface area contributed by atoms with Crippen LogP contribution in [-0.4, -0.2) is 41.8 Å². The van der Waals surface area contributed by atoms with Gasteiger partial charge in [0.15, 0.2) is 0 Å². The fourth-order valence-corrected chi connectivity index (χ4v) is 8.21. The fourth-order valence-electron chi connectivity index (χ4n) is 7.98. The maximum Gasteiger partial charge on any atom is 0.455 e. The number of nitrogens with one attached hydrogen (secondary N) is 1. The number of para-hydroxylation sites is 2. The number of carbonyl (C=O) groups excluding carboxylic acids is 2. The summed E-state index contributed by atoms with van der Waals surface area (Å²) in [7, 11) is -1.08. The van der Waals surface area contributed by atoms with E-state index in [0.29, 0.717) is 35.7 Å². The van der Waals surface area contributed by atoms with Crippen LogP contribution in [0.25, 0.3) is 6.08 Å². The van der Waals surface area contributed by atoms with Gasteiger partial charge in [-0.05, 0) is 121 Å². The third-order valence-corrected chi connectivity index (χ3v) is 10.6. The number of hydrogen-bond donors (Lipinski definition) is 3. The molecule has 2 heterocycles. The van der Waals surface area contributed by atoms with Crippen molar-refractivity contribution in [2.75, 3.05) is 16.8 Å². The molecule has 7 rings (SSSR count). The average Bonchev–Trinajstić information content (AvgIpc) is 3.40. The first-order chi connectivity index (χ1) is 25.3. The number of halogens is 1. The molecule has 2 saturated heterocycles. The van der Waals surface area contributed by atoms with E-state index in [1.807, 2.05) is 72.8 Å². The second kappa shape index (κ2) is 15.8. The summed E-state index contributed by atoms with van der Waals surface area (Å²) in [5, 5.41) is 24.8. The number of rotatable bonds is 12. The topological polar surface area (TPSA) is 108 Å². The van der Waals surface area contributed by atoms with Gasteiger partial charge in [-0.25, -0.2) is 0 Å². The van der Waals surface area contributed by atoms with Gasteiger partial charge in [0, 0.05) is 11.4 Å². The molecule has 8 nitrogen and oxygen atoms in total. The molecule has 0 aromatic heterocycles. The first kappa shape index (κ1) is 35.6. The van der Waals surface area contributed by atoms with Crippen LogP contribution < -0.4 is 15.0 Å². The lowest BCUT2D eigenvalue weighted by atomic mass is 9.58. The number of imide groups is 1. The molecule has 1 aliphatic carbocycles. The summed E-state index contributed by atoms with van der Waals surface area (Å²) >= 11 is 6.46. The Kier molecular flexibility index (Phi) is 10.8. The number of nitrogens with zero attached hydrogens (tertiary/aromatic N) is 1. The fraction of sp³-hybridized carbons (Fsp3) is 0.286. The van der Waals surface area contributed by atoms with Gasteiger partial charge in [0.2, 0.25) is 11.8 Å². The van der Waals surface area contributed by atoms with Gasteiger partial charge >= 0.3 is 7.12 Å². The van der Waals surface area contributed by atoms with E-state index in [-0.39, 0.29) is 36.4 Å². The number of carbonyl (C=O) groups is 2. The summed E-state index contributed by atoms with van der Waals surface area (Å²) in [4.78, 5) is 29.9. The van der Waals surface area contributed by atoms with E-state index >= 15 is 0 Å². The summed E-state index contributed by atoms with van der Waals surface area (Å²) in [5.41, 5.74) is 6.20. The second-order valence-corrected chi connectivity index (χ2v) is 14.2. The Bertz CT molecular complexity index is 1970. The standard InChI is InChI=1S/C42H42BClN2O6/c1-2-9-27(22-28-15-20-33(47)24-37(28)44)14-21-38-39-29(26-51-34-12-7-4-8-13-34)23-35-40(36(39)25-43(50)52-38)42(49)46(41(35)48)32-18-16-31(17-19-32)45-30-10-5-3-6-11-30/h3-8,10-13,15-20,22,24,35-36,38,40,45,47,50H,2,9,14,21,23,25-26H2,1H3/b27-22+/t35-,36+,38-,40-/m1/s1.